The molecule has 1 aromatic rings. The predicted molar refractivity (Wildman–Crippen MR) is 78.6 cm³/mol. The molecule has 20 heavy (non-hydrogen) atoms. The van der Waals surface area contributed by atoms with Gasteiger partial charge in [-0.2, -0.15) is 0 Å². The van der Waals surface area contributed by atoms with Crippen LogP contribution in [0.15, 0.2) is 24.3 Å². The van der Waals surface area contributed by atoms with Crippen molar-refractivity contribution >= 4 is 23.4 Å². The van der Waals surface area contributed by atoms with Crippen molar-refractivity contribution in [1.29, 1.82) is 0 Å². The van der Waals surface area contributed by atoms with Gasteiger partial charge in [0.2, 0.25) is 11.8 Å². The topological polar surface area (TPSA) is 49.4 Å². The van der Waals surface area contributed by atoms with Gasteiger partial charge in [-0.15, -0.1) is 0 Å². The van der Waals surface area contributed by atoms with E-state index in [9.17, 15) is 9.59 Å². The van der Waals surface area contributed by atoms with Crippen molar-refractivity contribution < 1.29 is 9.59 Å². The van der Waals surface area contributed by atoms with E-state index in [-0.39, 0.29) is 17.9 Å². The second kappa shape index (κ2) is 6.75. The fourth-order valence-electron chi connectivity index (χ4n) is 2.37. The summed E-state index contributed by atoms with van der Waals surface area (Å²) in [5.74, 6) is 0.105. The number of halogens is 1. The standard InChI is InChI=1S/C15H19ClN2O2/c1-2-14(19)17-13-9-15(20)18(10-13)7-6-11-4-3-5-12(16)8-11/h3-5,8,13H,2,6-7,9-10H2,1H3,(H,17,19)/t13-/m0/s1. The molecule has 1 heterocycles. The minimum atomic E-state index is -0.0469. The van der Waals surface area contributed by atoms with Crippen LogP contribution in [0.3, 0.4) is 0 Å². The van der Waals surface area contributed by atoms with Gasteiger partial charge in [-0.3, -0.25) is 9.59 Å². The first-order valence-corrected chi connectivity index (χ1v) is 7.28. The smallest absolute Gasteiger partial charge is 0.224 e. The Morgan fingerprint density at radius 2 is 2.30 bits per heavy atom. The summed E-state index contributed by atoms with van der Waals surface area (Å²) in [4.78, 5) is 25.0. The molecule has 2 amide bonds. The van der Waals surface area contributed by atoms with Crippen molar-refractivity contribution in [1.82, 2.24) is 10.2 Å². The molecule has 0 aliphatic carbocycles. The fraction of sp³-hybridized carbons (Fsp3) is 0.467. The average Bonchev–Trinajstić information content (AvgIpc) is 2.76. The molecule has 1 aliphatic rings. The number of hydrogen-bond donors (Lipinski definition) is 1. The summed E-state index contributed by atoms with van der Waals surface area (Å²) in [5, 5.41) is 3.59. The molecule has 2 rings (SSSR count). The first-order chi connectivity index (χ1) is 9.58. The van der Waals surface area contributed by atoms with E-state index in [1.165, 1.54) is 0 Å². The second-order valence-electron chi connectivity index (χ2n) is 5.04. The number of nitrogens with zero attached hydrogens (tertiary/aromatic N) is 1. The Labute approximate surface area is 124 Å². The van der Waals surface area contributed by atoms with Gasteiger partial charge in [-0.25, -0.2) is 0 Å². The molecule has 0 radical (unpaired) electrons. The highest BCUT2D eigenvalue weighted by atomic mass is 35.5. The molecule has 1 fully saturated rings. The highest BCUT2D eigenvalue weighted by Crippen LogP contribution is 2.15. The normalized spacial score (nSPS) is 18.4. The van der Waals surface area contributed by atoms with Crippen molar-refractivity contribution in [3.05, 3.63) is 34.9 Å². The minimum Gasteiger partial charge on any atom is -0.351 e. The third-order valence-corrected chi connectivity index (χ3v) is 3.70. The van der Waals surface area contributed by atoms with Crippen LogP contribution in [0, 0.1) is 0 Å². The summed E-state index contributed by atoms with van der Waals surface area (Å²) in [6, 6.07) is 7.62. The van der Waals surface area contributed by atoms with Crippen molar-refractivity contribution in [2.75, 3.05) is 13.1 Å². The Morgan fingerprint density at radius 1 is 1.50 bits per heavy atom. The third-order valence-electron chi connectivity index (χ3n) is 3.46. The zero-order valence-corrected chi connectivity index (χ0v) is 12.3. The van der Waals surface area contributed by atoms with Gasteiger partial charge in [0.25, 0.3) is 0 Å². The molecule has 108 valence electrons. The number of rotatable bonds is 5. The zero-order chi connectivity index (χ0) is 14.5. The second-order valence-corrected chi connectivity index (χ2v) is 5.48. The van der Waals surface area contributed by atoms with Crippen LogP contribution in [0.1, 0.15) is 25.3 Å². The molecule has 0 unspecified atom stereocenters. The van der Waals surface area contributed by atoms with Gasteiger partial charge in [0.1, 0.15) is 0 Å². The van der Waals surface area contributed by atoms with E-state index in [4.69, 9.17) is 11.6 Å². The van der Waals surface area contributed by atoms with Crippen molar-refractivity contribution in [3.8, 4) is 0 Å². The van der Waals surface area contributed by atoms with Gasteiger partial charge in [0.05, 0.1) is 6.04 Å². The van der Waals surface area contributed by atoms with E-state index in [1.54, 1.807) is 0 Å². The van der Waals surface area contributed by atoms with E-state index in [1.807, 2.05) is 36.1 Å². The lowest BCUT2D eigenvalue weighted by Gasteiger charge is -2.17. The maximum atomic E-state index is 11.9. The van der Waals surface area contributed by atoms with Crippen molar-refractivity contribution in [2.24, 2.45) is 0 Å². The van der Waals surface area contributed by atoms with E-state index < -0.39 is 0 Å². The van der Waals surface area contributed by atoms with E-state index in [0.29, 0.717) is 31.0 Å². The van der Waals surface area contributed by atoms with Gasteiger partial charge in [0, 0.05) is 31.0 Å². The molecular formula is C15H19ClN2O2. The number of benzene rings is 1. The Balaban J connectivity index is 1.84. The molecule has 0 bridgehead atoms. The molecule has 1 aromatic carbocycles. The van der Waals surface area contributed by atoms with Crippen molar-refractivity contribution in [2.45, 2.75) is 32.2 Å². The number of hydrogen-bond acceptors (Lipinski definition) is 2. The summed E-state index contributed by atoms with van der Waals surface area (Å²) < 4.78 is 0. The first kappa shape index (κ1) is 14.9. The number of carbonyl (C=O) groups excluding carboxylic acids is 2. The van der Waals surface area contributed by atoms with Crippen LogP contribution in [0.4, 0.5) is 0 Å². The maximum absolute atomic E-state index is 11.9. The van der Waals surface area contributed by atoms with E-state index in [0.717, 1.165) is 12.0 Å². The van der Waals surface area contributed by atoms with Gasteiger partial charge >= 0.3 is 0 Å². The van der Waals surface area contributed by atoms with Crippen LogP contribution in [0.25, 0.3) is 0 Å². The monoisotopic (exact) mass is 294 g/mol. The SMILES string of the molecule is CCC(=O)N[C@H]1CC(=O)N(CCc2cccc(Cl)c2)C1. The molecule has 1 N–H and O–H groups in total. The number of carbonyl (C=O) groups is 2. The zero-order valence-electron chi connectivity index (χ0n) is 11.6. The molecule has 0 aromatic heterocycles. The quantitative estimate of drug-likeness (QED) is 0.903. The summed E-state index contributed by atoms with van der Waals surface area (Å²) in [6.07, 6.45) is 1.63. The molecule has 0 spiro atoms. The van der Waals surface area contributed by atoms with Gasteiger partial charge < -0.3 is 10.2 Å². The fourth-order valence-corrected chi connectivity index (χ4v) is 2.58. The van der Waals surface area contributed by atoms with Crippen LogP contribution < -0.4 is 5.32 Å². The largest absolute Gasteiger partial charge is 0.351 e. The lowest BCUT2D eigenvalue weighted by atomic mass is 10.1. The van der Waals surface area contributed by atoms with Crippen LogP contribution >= 0.6 is 11.6 Å². The summed E-state index contributed by atoms with van der Waals surface area (Å²) in [7, 11) is 0. The molecule has 5 heteroatoms. The lowest BCUT2D eigenvalue weighted by Crippen LogP contribution is -2.37. The maximum Gasteiger partial charge on any atom is 0.224 e. The van der Waals surface area contributed by atoms with E-state index in [2.05, 4.69) is 5.32 Å². The average molecular weight is 295 g/mol. The molecule has 1 atom stereocenters. The number of likely N-dealkylation sites (tertiary alicyclic amines) is 1. The van der Waals surface area contributed by atoms with Crippen LogP contribution in [0.5, 0.6) is 0 Å². The van der Waals surface area contributed by atoms with Crippen LogP contribution in [-0.4, -0.2) is 35.8 Å². The molecule has 1 aliphatic heterocycles. The van der Waals surface area contributed by atoms with Gasteiger partial charge in [-0.05, 0) is 24.1 Å². The first-order valence-electron chi connectivity index (χ1n) is 6.90. The summed E-state index contributed by atoms with van der Waals surface area (Å²) >= 11 is 5.94. The van der Waals surface area contributed by atoms with Crippen molar-refractivity contribution in [3.63, 3.8) is 0 Å². The number of nitrogens with one attached hydrogen (secondary N) is 1. The Hall–Kier alpha value is -1.55. The predicted octanol–water partition coefficient (Wildman–Crippen LogP) is 2.01. The Kier molecular flexibility index (Phi) is 5.01. The molecule has 1 saturated heterocycles. The van der Waals surface area contributed by atoms with Gasteiger partial charge in [-0.1, -0.05) is 30.7 Å². The Morgan fingerprint density at radius 3 is 3.00 bits per heavy atom. The summed E-state index contributed by atoms with van der Waals surface area (Å²) in [5.41, 5.74) is 1.12. The number of amides is 2. The van der Waals surface area contributed by atoms with Gasteiger partial charge in [0.15, 0.2) is 0 Å². The van der Waals surface area contributed by atoms with Crippen LogP contribution in [-0.2, 0) is 16.0 Å². The van der Waals surface area contributed by atoms with Crippen LogP contribution in [0.2, 0.25) is 5.02 Å². The molecule has 0 saturated carbocycles. The van der Waals surface area contributed by atoms with E-state index >= 15 is 0 Å². The molecular weight excluding hydrogens is 276 g/mol. The lowest BCUT2D eigenvalue weighted by molar-refractivity contribution is -0.127. The molecule has 4 nitrogen and oxygen atoms in total. The third kappa shape index (κ3) is 3.97. The highest BCUT2D eigenvalue weighted by Gasteiger charge is 2.29. The highest BCUT2D eigenvalue weighted by molar-refractivity contribution is 6.30. The summed E-state index contributed by atoms with van der Waals surface area (Å²) in [6.45, 7) is 3.08. The Bertz CT molecular complexity index is 504. The minimum absolute atomic E-state index is 0.000471.